The van der Waals surface area contributed by atoms with Crippen LogP contribution in [0.15, 0.2) is 12.7 Å². The molecule has 13 heavy (non-hydrogen) atoms. The van der Waals surface area contributed by atoms with Gasteiger partial charge in [0.25, 0.3) is 0 Å². The highest BCUT2D eigenvalue weighted by atomic mass is 32.3. The molecule has 0 aromatic rings. The van der Waals surface area contributed by atoms with Crippen LogP contribution in [0.5, 0.6) is 0 Å². The first-order valence-electron chi connectivity index (χ1n) is 3.33. The van der Waals surface area contributed by atoms with E-state index in [0.717, 1.165) is 13.1 Å². The normalized spacial score (nSPS) is 11.3. The van der Waals surface area contributed by atoms with E-state index >= 15 is 0 Å². The molecule has 0 spiro atoms. The fourth-order valence-corrected chi connectivity index (χ4v) is 0.735. The van der Waals surface area contributed by atoms with Crippen LogP contribution in [-0.2, 0) is 19.9 Å². The van der Waals surface area contributed by atoms with Gasteiger partial charge in [-0.15, -0.1) is 0 Å². The minimum atomic E-state index is -4.69. The molecule has 0 aromatic carbocycles. The van der Waals surface area contributed by atoms with E-state index in [1.54, 1.807) is 0 Å². The molecular weight excluding hydrogens is 201 g/mol. The Balaban J connectivity index is 3.79. The van der Waals surface area contributed by atoms with Gasteiger partial charge in [0, 0.05) is 13.1 Å². The lowest BCUT2D eigenvalue weighted by molar-refractivity contribution is -0.137. The van der Waals surface area contributed by atoms with Crippen LogP contribution in [-0.4, -0.2) is 38.9 Å². The maximum Gasteiger partial charge on any atom is 0.374 e. The highest BCUT2D eigenvalue weighted by Crippen LogP contribution is 1.97. The second-order valence-electron chi connectivity index (χ2n) is 2.14. The minimum absolute atomic E-state index is 0.204. The number of carbonyl (C=O) groups excluding carboxylic acids is 1. The quantitative estimate of drug-likeness (QED) is 0.361. The van der Waals surface area contributed by atoms with Gasteiger partial charge in [-0.05, 0) is 0 Å². The van der Waals surface area contributed by atoms with Crippen LogP contribution in [0.25, 0.3) is 0 Å². The average molecular weight is 211 g/mol. The van der Waals surface area contributed by atoms with E-state index in [9.17, 15) is 17.1 Å². The molecule has 0 aliphatic carbocycles. The highest BCUT2D eigenvalue weighted by Gasteiger charge is 2.15. The maximum atomic E-state index is 12.1. The van der Waals surface area contributed by atoms with Crippen molar-refractivity contribution < 1.29 is 21.8 Å². The Labute approximate surface area is 76.1 Å². The summed E-state index contributed by atoms with van der Waals surface area (Å²) in [4.78, 5) is 10.4. The van der Waals surface area contributed by atoms with Crippen LogP contribution in [0.3, 0.4) is 0 Å². The molecule has 0 atom stereocenters. The van der Waals surface area contributed by atoms with Gasteiger partial charge in [0.2, 0.25) is 0 Å². The number of nitrogens with zero attached hydrogens (tertiary/aromatic N) is 1. The Bertz CT molecular complexity index is 287. The van der Waals surface area contributed by atoms with Gasteiger partial charge in [0.15, 0.2) is 0 Å². The minimum Gasteiger partial charge on any atom is -0.461 e. The fraction of sp³-hybridized carbons (Fsp3) is 0.500. The van der Waals surface area contributed by atoms with Gasteiger partial charge in [-0.1, -0.05) is 10.5 Å². The molecule has 0 rings (SSSR count). The van der Waals surface area contributed by atoms with Crippen molar-refractivity contribution in [2.75, 3.05) is 20.2 Å². The van der Waals surface area contributed by atoms with E-state index < -0.39 is 16.4 Å². The molecule has 0 bridgehead atoms. The average Bonchev–Trinajstić information content (AvgIpc) is 2.02. The molecule has 0 aliphatic heterocycles. The van der Waals surface area contributed by atoms with Crippen molar-refractivity contribution in [3.63, 3.8) is 0 Å². The van der Waals surface area contributed by atoms with Crippen molar-refractivity contribution in [3.05, 3.63) is 12.7 Å². The monoisotopic (exact) mass is 211 g/mol. The molecule has 0 fully saturated rings. The third-order valence-electron chi connectivity index (χ3n) is 1.19. The van der Waals surface area contributed by atoms with E-state index in [4.69, 9.17) is 0 Å². The Morgan fingerprint density at radius 3 is 2.62 bits per heavy atom. The SMILES string of the molecule is C=CC(=O)OCCN(C)S(=O)(=O)F. The Kier molecular flexibility index (Phi) is 4.57. The van der Waals surface area contributed by atoms with E-state index in [0.29, 0.717) is 4.31 Å². The molecule has 0 unspecified atom stereocenters. The van der Waals surface area contributed by atoms with E-state index in [1.165, 1.54) is 0 Å². The molecule has 7 heteroatoms. The molecule has 0 saturated carbocycles. The molecule has 0 amide bonds. The second kappa shape index (κ2) is 4.93. The van der Waals surface area contributed by atoms with Gasteiger partial charge >= 0.3 is 16.4 Å². The standard InChI is InChI=1S/C6H10FNO4S/c1-3-6(9)12-5-4-8(2)13(7,10)11/h3H,1,4-5H2,2H3. The molecule has 0 aliphatic rings. The van der Waals surface area contributed by atoms with Gasteiger partial charge in [-0.3, -0.25) is 0 Å². The maximum absolute atomic E-state index is 12.1. The lowest BCUT2D eigenvalue weighted by Gasteiger charge is -2.09. The summed E-state index contributed by atoms with van der Waals surface area (Å²) in [6.45, 7) is 2.70. The van der Waals surface area contributed by atoms with Crippen LogP contribution < -0.4 is 0 Å². The van der Waals surface area contributed by atoms with Crippen molar-refractivity contribution >= 4 is 16.4 Å². The largest absolute Gasteiger partial charge is 0.461 e. The third kappa shape index (κ3) is 5.31. The summed E-state index contributed by atoms with van der Waals surface area (Å²) in [5, 5.41) is 0. The summed E-state index contributed by atoms with van der Waals surface area (Å²) in [7, 11) is -3.65. The first-order valence-corrected chi connectivity index (χ1v) is 4.67. The Hall–Kier alpha value is -0.950. The van der Waals surface area contributed by atoms with Crippen LogP contribution in [0.1, 0.15) is 0 Å². The number of rotatable bonds is 5. The number of likely N-dealkylation sites (N-methyl/N-ethyl adjacent to an activating group) is 1. The predicted octanol–water partition coefficient (Wildman–Crippen LogP) is -0.138. The van der Waals surface area contributed by atoms with Crippen LogP contribution in [0, 0.1) is 0 Å². The van der Waals surface area contributed by atoms with Crippen LogP contribution >= 0.6 is 0 Å². The van der Waals surface area contributed by atoms with Gasteiger partial charge in [0.1, 0.15) is 6.61 Å². The van der Waals surface area contributed by atoms with E-state index in [-0.39, 0.29) is 13.2 Å². The number of halogens is 1. The van der Waals surface area contributed by atoms with E-state index in [1.807, 2.05) is 0 Å². The zero-order valence-electron chi connectivity index (χ0n) is 7.07. The zero-order valence-corrected chi connectivity index (χ0v) is 7.88. The number of carbonyl (C=O) groups is 1. The topological polar surface area (TPSA) is 63.7 Å². The first kappa shape index (κ1) is 12.0. The van der Waals surface area contributed by atoms with Crippen molar-refractivity contribution in [2.45, 2.75) is 0 Å². The molecule has 76 valence electrons. The molecule has 0 N–H and O–H groups in total. The van der Waals surface area contributed by atoms with Gasteiger partial charge in [-0.2, -0.15) is 12.7 Å². The number of hydrogen-bond acceptors (Lipinski definition) is 4. The highest BCUT2D eigenvalue weighted by molar-refractivity contribution is 7.83. The third-order valence-corrected chi connectivity index (χ3v) is 2.12. The number of esters is 1. The number of ether oxygens (including phenoxy) is 1. The molecule has 5 nitrogen and oxygen atoms in total. The van der Waals surface area contributed by atoms with Gasteiger partial charge in [-0.25, -0.2) is 4.79 Å². The van der Waals surface area contributed by atoms with Crippen molar-refractivity contribution in [1.82, 2.24) is 4.31 Å². The lowest BCUT2D eigenvalue weighted by atomic mass is 10.6. The van der Waals surface area contributed by atoms with Crippen molar-refractivity contribution in [3.8, 4) is 0 Å². The smallest absolute Gasteiger partial charge is 0.374 e. The van der Waals surface area contributed by atoms with Crippen molar-refractivity contribution in [2.24, 2.45) is 0 Å². The molecule has 0 aromatic heterocycles. The summed E-state index contributed by atoms with van der Waals surface area (Å²) in [5.74, 6) is -0.676. The van der Waals surface area contributed by atoms with Gasteiger partial charge < -0.3 is 4.74 Å². The summed E-state index contributed by atoms with van der Waals surface area (Å²) in [6, 6.07) is 0. The molecule has 0 heterocycles. The Morgan fingerprint density at radius 1 is 1.69 bits per heavy atom. The first-order chi connectivity index (χ1) is 5.88. The summed E-state index contributed by atoms with van der Waals surface area (Å²) in [6.07, 6.45) is 0.934. The summed E-state index contributed by atoms with van der Waals surface area (Å²) >= 11 is 0. The second-order valence-corrected chi connectivity index (χ2v) is 3.58. The number of hydrogen-bond donors (Lipinski definition) is 0. The predicted molar refractivity (Wildman–Crippen MR) is 43.8 cm³/mol. The van der Waals surface area contributed by atoms with E-state index in [2.05, 4.69) is 11.3 Å². The molecular formula is C6H10FNO4S. The summed E-state index contributed by atoms with van der Waals surface area (Å²) in [5.41, 5.74) is 0. The van der Waals surface area contributed by atoms with Gasteiger partial charge in [0.05, 0.1) is 6.54 Å². The fourth-order valence-electron chi connectivity index (χ4n) is 0.443. The lowest BCUT2D eigenvalue weighted by Crippen LogP contribution is -2.27. The Morgan fingerprint density at radius 2 is 2.23 bits per heavy atom. The van der Waals surface area contributed by atoms with Crippen LogP contribution in [0.2, 0.25) is 0 Å². The summed E-state index contributed by atoms with van der Waals surface area (Å²) < 4.78 is 37.3. The molecule has 0 saturated heterocycles. The van der Waals surface area contributed by atoms with Crippen LogP contribution in [0.4, 0.5) is 3.89 Å². The van der Waals surface area contributed by atoms with Crippen molar-refractivity contribution in [1.29, 1.82) is 0 Å². The molecule has 0 radical (unpaired) electrons. The zero-order chi connectivity index (χ0) is 10.5.